The highest BCUT2D eigenvalue weighted by Crippen LogP contribution is 2.27. The van der Waals surface area contributed by atoms with E-state index in [1.165, 1.54) is 30.5 Å². The molecule has 2 atom stereocenters. The lowest BCUT2D eigenvalue weighted by Gasteiger charge is -2.25. The van der Waals surface area contributed by atoms with Crippen LogP contribution < -0.4 is 11.1 Å². The number of ether oxygens (including phenoxy) is 1. The number of para-hydroxylation sites is 1. The molecule has 0 aliphatic carbocycles. The molecule has 0 unspecified atom stereocenters. The lowest BCUT2D eigenvalue weighted by molar-refractivity contribution is -0.384. The van der Waals surface area contributed by atoms with Gasteiger partial charge >= 0.3 is 5.97 Å². The van der Waals surface area contributed by atoms with Crippen LogP contribution in [0.25, 0.3) is 10.9 Å². The number of aromatic nitrogens is 1. The summed E-state index contributed by atoms with van der Waals surface area (Å²) in [4.78, 5) is 52.1. The molecule has 10 heteroatoms. The number of fused-ring (bicyclic) bond motifs is 1. The zero-order valence-corrected chi connectivity index (χ0v) is 17.8. The van der Waals surface area contributed by atoms with Gasteiger partial charge < -0.3 is 15.8 Å². The molecule has 170 valence electrons. The Morgan fingerprint density at radius 2 is 1.85 bits per heavy atom. The number of carbonyl (C=O) groups is 3. The molecule has 3 N–H and O–H groups in total. The van der Waals surface area contributed by atoms with Crippen LogP contribution in [0.5, 0.6) is 0 Å². The molecular formula is C23H22N4O6. The summed E-state index contributed by atoms with van der Waals surface area (Å²) >= 11 is 0. The predicted octanol–water partition coefficient (Wildman–Crippen LogP) is 2.46. The van der Waals surface area contributed by atoms with Gasteiger partial charge in [-0.15, -0.1) is 0 Å². The lowest BCUT2D eigenvalue weighted by Crippen LogP contribution is -2.48. The van der Waals surface area contributed by atoms with Crippen LogP contribution in [-0.4, -0.2) is 40.3 Å². The van der Waals surface area contributed by atoms with Crippen molar-refractivity contribution < 1.29 is 24.0 Å². The molecule has 3 aromatic rings. The van der Waals surface area contributed by atoms with Crippen LogP contribution in [0.4, 0.5) is 5.69 Å². The summed E-state index contributed by atoms with van der Waals surface area (Å²) in [5.41, 5.74) is 6.75. The van der Waals surface area contributed by atoms with Crippen molar-refractivity contribution in [3.63, 3.8) is 0 Å². The summed E-state index contributed by atoms with van der Waals surface area (Å²) in [6, 6.07) is 12.9. The molecule has 0 saturated carbocycles. The Morgan fingerprint density at radius 3 is 2.48 bits per heavy atom. The Morgan fingerprint density at radius 1 is 1.15 bits per heavy atom. The van der Waals surface area contributed by atoms with E-state index in [2.05, 4.69) is 10.3 Å². The van der Waals surface area contributed by atoms with E-state index >= 15 is 0 Å². The van der Waals surface area contributed by atoms with E-state index < -0.39 is 34.7 Å². The second-order valence-electron chi connectivity index (χ2n) is 7.23. The lowest BCUT2D eigenvalue weighted by atomic mass is 9.87. The van der Waals surface area contributed by atoms with Gasteiger partial charge in [0.1, 0.15) is 6.04 Å². The third kappa shape index (κ3) is 5.67. The first-order valence-electron chi connectivity index (χ1n) is 10.1. The number of nitrogens with zero attached hydrogens (tertiary/aromatic N) is 2. The number of nitro groups is 1. The number of nitrogens with two attached hydrogens (primary N) is 1. The van der Waals surface area contributed by atoms with E-state index in [4.69, 9.17) is 10.5 Å². The fourth-order valence-electron chi connectivity index (χ4n) is 3.46. The van der Waals surface area contributed by atoms with Gasteiger partial charge in [0.25, 0.3) is 11.6 Å². The quantitative estimate of drug-likeness (QED) is 0.288. The molecule has 0 radical (unpaired) electrons. The number of non-ortho nitro benzene ring substituents is 1. The number of esters is 1. The number of rotatable bonds is 9. The number of nitrogens with one attached hydrogen (secondary N) is 1. The maximum atomic E-state index is 12.9. The Kier molecular flexibility index (Phi) is 7.29. The second kappa shape index (κ2) is 10.3. The third-order valence-corrected chi connectivity index (χ3v) is 5.07. The number of amides is 2. The van der Waals surface area contributed by atoms with Crippen molar-refractivity contribution in [2.24, 2.45) is 5.73 Å². The summed E-state index contributed by atoms with van der Waals surface area (Å²) < 4.78 is 5.00. The van der Waals surface area contributed by atoms with E-state index in [9.17, 15) is 24.5 Å². The standard InChI is InChI=1S/C23H22N4O6/c1-2-33-20(28)12-18(14-7-9-17(10-8-14)27(31)32)21(22(24)29)26-23(30)16-11-15-5-3-4-6-19(15)25-13-16/h3-11,13,18,21H,2,12H2,1H3,(H2,24,29)(H,26,30)/t18-,21-/m1/s1. The van der Waals surface area contributed by atoms with Gasteiger partial charge in [-0.2, -0.15) is 0 Å². The van der Waals surface area contributed by atoms with E-state index in [0.717, 1.165) is 5.39 Å². The maximum absolute atomic E-state index is 12.9. The highest BCUT2D eigenvalue weighted by atomic mass is 16.6. The minimum Gasteiger partial charge on any atom is -0.466 e. The van der Waals surface area contributed by atoms with Gasteiger partial charge in [0, 0.05) is 29.6 Å². The summed E-state index contributed by atoms with van der Waals surface area (Å²) in [6.07, 6.45) is 1.11. The molecule has 0 fully saturated rings. The van der Waals surface area contributed by atoms with Crippen LogP contribution in [0.2, 0.25) is 0 Å². The van der Waals surface area contributed by atoms with E-state index in [1.54, 1.807) is 25.1 Å². The molecule has 2 amide bonds. The topological polar surface area (TPSA) is 155 Å². The van der Waals surface area contributed by atoms with Crippen molar-refractivity contribution in [1.82, 2.24) is 10.3 Å². The van der Waals surface area contributed by atoms with Crippen molar-refractivity contribution >= 4 is 34.4 Å². The van der Waals surface area contributed by atoms with Crippen LogP contribution >= 0.6 is 0 Å². The second-order valence-corrected chi connectivity index (χ2v) is 7.23. The average molecular weight is 450 g/mol. The Hall–Kier alpha value is -4.34. The smallest absolute Gasteiger partial charge is 0.306 e. The molecule has 0 aliphatic heterocycles. The molecule has 1 heterocycles. The van der Waals surface area contributed by atoms with Crippen molar-refractivity contribution in [3.8, 4) is 0 Å². The molecule has 2 aromatic carbocycles. The molecule has 1 aromatic heterocycles. The van der Waals surface area contributed by atoms with Gasteiger partial charge in [0.15, 0.2) is 0 Å². The molecule has 0 spiro atoms. The monoisotopic (exact) mass is 450 g/mol. The largest absolute Gasteiger partial charge is 0.466 e. The van der Waals surface area contributed by atoms with Crippen molar-refractivity contribution in [2.75, 3.05) is 6.61 Å². The molecule has 0 aliphatic rings. The Labute approximate surface area is 188 Å². The number of benzene rings is 2. The van der Waals surface area contributed by atoms with Gasteiger partial charge in [-0.3, -0.25) is 29.5 Å². The molecule has 10 nitrogen and oxygen atoms in total. The molecular weight excluding hydrogens is 428 g/mol. The maximum Gasteiger partial charge on any atom is 0.306 e. The predicted molar refractivity (Wildman–Crippen MR) is 119 cm³/mol. The number of nitro benzene ring substituents is 1. The summed E-state index contributed by atoms with van der Waals surface area (Å²) in [5.74, 6) is -2.98. The fourth-order valence-corrected chi connectivity index (χ4v) is 3.46. The van der Waals surface area contributed by atoms with Crippen LogP contribution in [0.15, 0.2) is 60.8 Å². The molecule has 0 bridgehead atoms. The highest BCUT2D eigenvalue weighted by molar-refractivity contribution is 6.00. The van der Waals surface area contributed by atoms with Crippen molar-refractivity contribution in [3.05, 3.63) is 82.0 Å². The molecule has 33 heavy (non-hydrogen) atoms. The fraction of sp³-hybridized carbons (Fsp3) is 0.217. The number of carbonyl (C=O) groups excluding carboxylic acids is 3. The highest BCUT2D eigenvalue weighted by Gasteiger charge is 2.32. The van der Waals surface area contributed by atoms with E-state index in [1.807, 2.05) is 12.1 Å². The summed E-state index contributed by atoms with van der Waals surface area (Å²) in [7, 11) is 0. The number of pyridine rings is 1. The first-order chi connectivity index (χ1) is 15.8. The van der Waals surface area contributed by atoms with Crippen molar-refractivity contribution in [1.29, 1.82) is 0 Å². The first kappa shape index (κ1) is 23.3. The van der Waals surface area contributed by atoms with Gasteiger partial charge in [0.2, 0.25) is 5.91 Å². The van der Waals surface area contributed by atoms with Crippen LogP contribution in [0, 0.1) is 10.1 Å². The number of primary amides is 1. The SMILES string of the molecule is CCOC(=O)C[C@H](c1ccc([N+](=O)[O-])cc1)[C@@H](NC(=O)c1cnc2ccccc2c1)C(N)=O. The molecule has 3 rings (SSSR count). The van der Waals surface area contributed by atoms with E-state index in [-0.39, 0.29) is 24.3 Å². The summed E-state index contributed by atoms with van der Waals surface area (Å²) in [6.45, 7) is 1.76. The van der Waals surface area contributed by atoms with Gasteiger partial charge in [-0.1, -0.05) is 30.3 Å². The van der Waals surface area contributed by atoms with Crippen molar-refractivity contribution in [2.45, 2.75) is 25.3 Å². The van der Waals surface area contributed by atoms with Gasteiger partial charge in [0.05, 0.1) is 29.0 Å². The van der Waals surface area contributed by atoms with E-state index in [0.29, 0.717) is 11.1 Å². The number of hydrogen-bond acceptors (Lipinski definition) is 7. The normalized spacial score (nSPS) is 12.5. The van der Waals surface area contributed by atoms with Gasteiger partial charge in [-0.05, 0) is 24.6 Å². The first-order valence-corrected chi connectivity index (χ1v) is 10.1. The third-order valence-electron chi connectivity index (χ3n) is 5.07. The zero-order chi connectivity index (χ0) is 24.0. The van der Waals surface area contributed by atoms with Crippen LogP contribution in [-0.2, 0) is 14.3 Å². The van der Waals surface area contributed by atoms with Crippen LogP contribution in [0.1, 0.15) is 35.2 Å². The summed E-state index contributed by atoms with van der Waals surface area (Å²) in [5, 5.41) is 14.3. The van der Waals surface area contributed by atoms with Crippen LogP contribution in [0.3, 0.4) is 0 Å². The average Bonchev–Trinajstić information content (AvgIpc) is 2.81. The Bertz CT molecular complexity index is 1200. The number of hydrogen-bond donors (Lipinski definition) is 2. The minimum atomic E-state index is -1.28. The zero-order valence-electron chi connectivity index (χ0n) is 17.8. The minimum absolute atomic E-state index is 0.127. The molecule has 0 saturated heterocycles. The van der Waals surface area contributed by atoms with Gasteiger partial charge in [-0.25, -0.2) is 0 Å². The Balaban J connectivity index is 1.92.